The number of aromatic nitrogens is 8. The summed E-state index contributed by atoms with van der Waals surface area (Å²) in [5, 5.41) is 2.99. The first-order chi connectivity index (χ1) is 49.5. The first kappa shape index (κ1) is 75.0. The van der Waals surface area contributed by atoms with E-state index in [1.165, 1.54) is 24.0 Å². The zero-order valence-electron chi connectivity index (χ0n) is 62.7. The van der Waals surface area contributed by atoms with Gasteiger partial charge in [-0.05, 0) is 145 Å². The van der Waals surface area contributed by atoms with Gasteiger partial charge < -0.3 is 38.4 Å². The van der Waals surface area contributed by atoms with Crippen LogP contribution < -0.4 is 28.4 Å². The van der Waals surface area contributed by atoms with Crippen LogP contribution in [-0.2, 0) is 11.2 Å². The number of ether oxygens (including phenoxy) is 6. The van der Waals surface area contributed by atoms with Crippen molar-refractivity contribution in [3.63, 3.8) is 0 Å². The number of hydrogen-bond donors (Lipinski definition) is 2. The molecule has 2 aliphatic heterocycles. The van der Waals surface area contributed by atoms with Gasteiger partial charge in [0.1, 0.15) is 22.6 Å². The number of fused-ring (bicyclic) bond motifs is 20. The summed E-state index contributed by atoms with van der Waals surface area (Å²) < 4.78 is 39.3. The Morgan fingerprint density at radius 2 is 0.804 bits per heavy atom. The fraction of sp³-hybridized carbons (Fsp3) is 0.414. The standard InChI is InChI=1S/C87H106N8O7/c1-14-20-42-97-73-51-66-67(52-74(73)98-43-21-15-2)83-91-81(66)89-79-64-39-37-62(50-72(96)61(11)35-29-34-58(8)31-27-26-30-57(7)32-28-33-59(9)36-38-63-48-60(10)40-41-87(63,12)13)49-65(64)80(88-79)90-82-68-53-75(99-44-22-16-3)76(100-45-23-17-4)54-69(68)84(92-82)94-86-71-56-78(102-47-25-19-6)77(101-46-24-18-5)55-70(71)85(93-83)95-86/h26-39,48-49,51-56,63H,14-25,40-47,50H2,1-13H3,(H2,88,89,90,91,92,93,94,95)/b27-26+,32-28+,34-29+,38-36+,57-30-,58-31-,59-33+,61-35-. The second-order valence-corrected chi connectivity index (χ2v) is 27.9. The SMILES string of the molecule is CCCCOc1cc2c(cc1OCCCC)-c1nc-2nc2[nH]c(nc3nc(nc4[nH]c(n1)c1cc(OCCCC)c(OCCCC)cc41)-c1cc(OCCCC)c(OCCCC)cc1-3)c1cc(CC(=O)\C(C)=C/C=C/C(C)=C\C=C\C=C(C)/C=C/C=C(C)/C=C/C3C=C(C)CCC3(C)C)ccc21. The van der Waals surface area contributed by atoms with Crippen molar-refractivity contribution in [3.05, 3.63) is 167 Å². The lowest BCUT2D eigenvalue weighted by molar-refractivity contribution is -0.114. The van der Waals surface area contributed by atoms with Crippen molar-refractivity contribution in [2.45, 2.75) is 186 Å². The van der Waals surface area contributed by atoms with Gasteiger partial charge in [0.25, 0.3) is 0 Å². The van der Waals surface area contributed by atoms with Gasteiger partial charge in [0.15, 0.2) is 63.6 Å². The van der Waals surface area contributed by atoms with E-state index >= 15 is 0 Å². The number of carbonyl (C=O) groups is 1. The van der Waals surface area contributed by atoms with Crippen molar-refractivity contribution >= 4 is 49.9 Å². The monoisotopic (exact) mass is 1370 g/mol. The van der Waals surface area contributed by atoms with E-state index in [4.69, 9.17) is 58.3 Å². The number of aromatic amines is 2. The molecule has 0 saturated carbocycles. The van der Waals surface area contributed by atoms with Crippen LogP contribution >= 0.6 is 0 Å². The maximum absolute atomic E-state index is 14.3. The Labute approximate surface area is 604 Å². The normalized spacial score (nSPS) is 15.0. The molecule has 0 spiro atoms. The quantitative estimate of drug-likeness (QED) is 0.0166. The average molecular weight is 1380 g/mol. The smallest absolute Gasteiger partial charge is 0.164 e. The Bertz CT molecular complexity index is 4610. The summed E-state index contributed by atoms with van der Waals surface area (Å²) in [6.45, 7) is 31.1. The van der Waals surface area contributed by atoms with Crippen LogP contribution in [0.4, 0.5) is 0 Å². The van der Waals surface area contributed by atoms with Gasteiger partial charge in [-0.2, -0.15) is 0 Å². The van der Waals surface area contributed by atoms with Gasteiger partial charge in [0.05, 0.1) is 39.6 Å². The summed E-state index contributed by atoms with van der Waals surface area (Å²) in [7, 11) is 0. The molecule has 5 heterocycles. The second kappa shape index (κ2) is 36.3. The number of allylic oxidation sites excluding steroid dienone is 18. The molecule has 0 saturated heterocycles. The molecule has 2 N–H and O–H groups in total. The molecule has 15 nitrogen and oxygen atoms in total. The number of nitrogens with one attached hydrogen (secondary N) is 2. The highest BCUT2D eigenvalue weighted by Gasteiger charge is 2.30. The Balaban J connectivity index is 1.07. The Morgan fingerprint density at radius 1 is 0.451 bits per heavy atom. The third-order valence-electron chi connectivity index (χ3n) is 18.8. The van der Waals surface area contributed by atoms with E-state index < -0.39 is 0 Å². The zero-order valence-corrected chi connectivity index (χ0v) is 62.7. The lowest BCUT2D eigenvalue weighted by Crippen LogP contribution is -2.24. The summed E-state index contributed by atoms with van der Waals surface area (Å²) in [6.07, 6.45) is 41.1. The zero-order chi connectivity index (χ0) is 72.1. The topological polar surface area (TPSA) is 181 Å². The fourth-order valence-electron chi connectivity index (χ4n) is 12.2. The van der Waals surface area contributed by atoms with Crippen molar-refractivity contribution in [2.75, 3.05) is 39.6 Å². The van der Waals surface area contributed by atoms with E-state index in [0.29, 0.717) is 154 Å². The lowest BCUT2D eigenvalue weighted by atomic mass is 9.70. The molecule has 10 rings (SSSR count). The average Bonchev–Trinajstić information content (AvgIpc) is 1.59. The van der Waals surface area contributed by atoms with Gasteiger partial charge in [0.2, 0.25) is 0 Å². The van der Waals surface area contributed by atoms with Gasteiger partial charge in [-0.15, -0.1) is 0 Å². The van der Waals surface area contributed by atoms with Crippen molar-refractivity contribution in [1.82, 2.24) is 39.9 Å². The van der Waals surface area contributed by atoms with E-state index in [0.717, 1.165) is 115 Å². The number of hydrogen-bond acceptors (Lipinski definition) is 13. The Kier molecular flexibility index (Phi) is 26.7. The molecule has 0 amide bonds. The fourth-order valence-corrected chi connectivity index (χ4v) is 12.2. The molecule has 3 aromatic heterocycles. The van der Waals surface area contributed by atoms with E-state index in [1.807, 2.05) is 98.8 Å². The number of benzene rings is 4. The van der Waals surface area contributed by atoms with Gasteiger partial charge in [-0.1, -0.05) is 207 Å². The van der Waals surface area contributed by atoms with Crippen LogP contribution in [0.2, 0.25) is 0 Å². The van der Waals surface area contributed by atoms with E-state index in [1.54, 1.807) is 0 Å². The molecule has 4 aromatic carbocycles. The molecule has 536 valence electrons. The number of Topliss-reactive ketones (excluding diaryl/α,β-unsaturated/α-hetero) is 1. The van der Waals surface area contributed by atoms with Crippen LogP contribution in [0.25, 0.3) is 89.7 Å². The molecule has 3 aliphatic rings. The molecule has 15 heteroatoms. The first-order valence-corrected chi connectivity index (χ1v) is 37.4. The third kappa shape index (κ3) is 19.3. The van der Waals surface area contributed by atoms with Gasteiger partial charge in [-0.25, -0.2) is 29.9 Å². The van der Waals surface area contributed by atoms with E-state index in [9.17, 15) is 4.79 Å². The van der Waals surface area contributed by atoms with Crippen molar-refractivity contribution in [3.8, 4) is 80.0 Å². The van der Waals surface area contributed by atoms with Crippen LogP contribution in [0.5, 0.6) is 34.5 Å². The van der Waals surface area contributed by atoms with E-state index in [2.05, 4.69) is 135 Å². The number of nitrogens with zero attached hydrogens (tertiary/aromatic N) is 6. The molecular weight excluding hydrogens is 1270 g/mol. The van der Waals surface area contributed by atoms with Crippen molar-refractivity contribution in [1.29, 1.82) is 0 Å². The van der Waals surface area contributed by atoms with Gasteiger partial charge in [0, 0.05) is 56.1 Å². The summed E-state index contributed by atoms with van der Waals surface area (Å²) in [4.78, 5) is 54.0. The number of H-pyrrole nitrogens is 2. The number of carbonyl (C=O) groups excluding carboxylic acids is 1. The minimum Gasteiger partial charge on any atom is -0.490 e. The van der Waals surface area contributed by atoms with Crippen LogP contribution in [-0.4, -0.2) is 85.3 Å². The minimum absolute atomic E-state index is 0.0129. The summed E-state index contributed by atoms with van der Waals surface area (Å²) >= 11 is 0. The summed E-state index contributed by atoms with van der Waals surface area (Å²) in [5.41, 5.74) is 11.4. The van der Waals surface area contributed by atoms with Crippen LogP contribution in [0.1, 0.15) is 185 Å². The minimum atomic E-state index is -0.0129. The molecule has 102 heavy (non-hydrogen) atoms. The van der Waals surface area contributed by atoms with E-state index in [-0.39, 0.29) is 17.6 Å². The molecule has 1 aliphatic carbocycles. The highest BCUT2D eigenvalue weighted by atomic mass is 16.5. The van der Waals surface area contributed by atoms with Crippen LogP contribution in [0.15, 0.2) is 161 Å². The molecule has 0 radical (unpaired) electrons. The molecule has 1 atom stereocenters. The molecule has 8 bridgehead atoms. The molecular formula is C87H106N8O7. The predicted molar refractivity (Wildman–Crippen MR) is 419 cm³/mol. The summed E-state index contributed by atoms with van der Waals surface area (Å²) in [6, 6.07) is 17.9. The number of ketones is 1. The van der Waals surface area contributed by atoms with Crippen molar-refractivity contribution in [2.24, 2.45) is 11.3 Å². The lowest BCUT2D eigenvalue weighted by Gasteiger charge is -2.35. The van der Waals surface area contributed by atoms with Crippen molar-refractivity contribution < 1.29 is 33.2 Å². The maximum atomic E-state index is 14.3. The molecule has 1 unspecified atom stereocenters. The number of rotatable bonds is 35. The highest BCUT2D eigenvalue weighted by molar-refractivity contribution is 6.08. The maximum Gasteiger partial charge on any atom is 0.164 e. The predicted octanol–water partition coefficient (Wildman–Crippen LogP) is 22.4. The Hall–Kier alpha value is -9.63. The van der Waals surface area contributed by atoms with Gasteiger partial charge in [-0.3, -0.25) is 4.79 Å². The van der Waals surface area contributed by atoms with Crippen LogP contribution in [0.3, 0.4) is 0 Å². The Morgan fingerprint density at radius 3 is 1.21 bits per heavy atom. The molecule has 7 aromatic rings. The van der Waals surface area contributed by atoms with Gasteiger partial charge >= 0.3 is 0 Å². The van der Waals surface area contributed by atoms with Crippen LogP contribution in [0, 0.1) is 11.3 Å². The number of unbranched alkanes of at least 4 members (excludes halogenated alkanes) is 6. The first-order valence-electron chi connectivity index (χ1n) is 37.4. The third-order valence-corrected chi connectivity index (χ3v) is 18.8. The summed E-state index contributed by atoms with van der Waals surface area (Å²) in [5.74, 6) is 5.66. The largest absolute Gasteiger partial charge is 0.490 e. The highest BCUT2D eigenvalue weighted by Crippen LogP contribution is 2.46. The second-order valence-electron chi connectivity index (χ2n) is 27.9. The molecule has 0 fully saturated rings.